The summed E-state index contributed by atoms with van der Waals surface area (Å²) in [5.41, 5.74) is 3.98. The fraction of sp³-hybridized carbons (Fsp3) is 0.531. The van der Waals surface area contributed by atoms with Crippen LogP contribution in [0.15, 0.2) is 70.9 Å². The summed E-state index contributed by atoms with van der Waals surface area (Å²) in [5, 5.41) is 20.7. The van der Waals surface area contributed by atoms with Crippen molar-refractivity contribution in [3.8, 4) is 0 Å². The molecule has 5 rings (SSSR count). The van der Waals surface area contributed by atoms with Crippen LogP contribution in [0.25, 0.3) is 0 Å². The fourth-order valence-electron chi connectivity index (χ4n) is 6.55. The van der Waals surface area contributed by atoms with Crippen LogP contribution < -0.4 is 16.0 Å². The molecule has 222 valence electrons. The van der Waals surface area contributed by atoms with Gasteiger partial charge in [0.25, 0.3) is 0 Å². The second kappa shape index (κ2) is 13.9. The maximum absolute atomic E-state index is 11.5. The Labute approximate surface area is 253 Å². The molecule has 2 aliphatic carbocycles. The molecule has 4 N–H and O–H groups in total. The van der Waals surface area contributed by atoms with Gasteiger partial charge in [-0.25, -0.2) is 0 Å². The van der Waals surface area contributed by atoms with E-state index in [1.54, 1.807) is 0 Å². The van der Waals surface area contributed by atoms with Gasteiger partial charge in [-0.3, -0.25) is 10.1 Å². The topological polar surface area (TPSA) is 85.9 Å². The number of aliphatic hydroxyl groups is 1. The lowest BCUT2D eigenvalue weighted by molar-refractivity contribution is -0.114. The number of anilines is 1. The second-order valence-electron chi connectivity index (χ2n) is 11.7. The molecule has 2 heterocycles. The van der Waals surface area contributed by atoms with Gasteiger partial charge in [0.2, 0.25) is 5.91 Å². The Hall–Kier alpha value is -2.13. The third kappa shape index (κ3) is 8.04. The third-order valence-corrected chi connectivity index (χ3v) is 9.35. The van der Waals surface area contributed by atoms with E-state index in [1.165, 1.54) is 18.1 Å². The number of alkyl halides is 1. The van der Waals surface area contributed by atoms with Gasteiger partial charge in [-0.05, 0) is 80.6 Å². The lowest BCUT2D eigenvalue weighted by Crippen LogP contribution is -2.53. The number of hydrogen-bond donors (Lipinski definition) is 4. The number of ether oxygens (including phenoxy) is 1. The molecule has 0 bridgehead atoms. The Morgan fingerprint density at radius 2 is 2.02 bits per heavy atom. The molecular weight excluding hydrogens is 559 g/mol. The minimum absolute atomic E-state index is 0.0666. The highest BCUT2D eigenvalue weighted by atomic mass is 35.5. The maximum atomic E-state index is 11.5. The van der Waals surface area contributed by atoms with E-state index in [0.717, 1.165) is 69.8 Å². The van der Waals surface area contributed by atoms with Gasteiger partial charge in [0, 0.05) is 66.9 Å². The van der Waals surface area contributed by atoms with Crippen molar-refractivity contribution in [1.29, 1.82) is 0 Å². The lowest BCUT2D eigenvalue weighted by Gasteiger charge is -2.47. The number of piperidine rings is 1. The number of aliphatic hydroxyl groups excluding tert-OH is 1. The Morgan fingerprint density at radius 1 is 1.24 bits per heavy atom. The molecule has 2 unspecified atom stereocenters. The monoisotopic (exact) mass is 600 g/mol. The number of hydrogen-bond acceptors (Lipinski definition) is 6. The van der Waals surface area contributed by atoms with Crippen LogP contribution in [0, 0.1) is 5.41 Å². The second-order valence-corrected chi connectivity index (χ2v) is 12.7. The summed E-state index contributed by atoms with van der Waals surface area (Å²) in [5.74, 6) is 0.188. The first-order valence-electron chi connectivity index (χ1n) is 14.8. The van der Waals surface area contributed by atoms with Gasteiger partial charge in [0.15, 0.2) is 6.35 Å². The predicted molar refractivity (Wildman–Crippen MR) is 166 cm³/mol. The van der Waals surface area contributed by atoms with Crippen molar-refractivity contribution in [3.05, 3.63) is 76.5 Å². The van der Waals surface area contributed by atoms with Gasteiger partial charge in [-0.2, -0.15) is 0 Å². The van der Waals surface area contributed by atoms with Crippen molar-refractivity contribution in [2.75, 3.05) is 38.2 Å². The zero-order chi connectivity index (χ0) is 28.8. The van der Waals surface area contributed by atoms with Gasteiger partial charge in [0.1, 0.15) is 0 Å². The number of rotatable bonds is 9. The Kier molecular flexibility index (Phi) is 10.3. The minimum atomic E-state index is -0.924. The molecule has 2 aliphatic heterocycles. The largest absolute Gasteiger partial charge is 0.381 e. The number of nitrogens with one attached hydrogen (secondary N) is 3. The third-order valence-electron chi connectivity index (χ3n) is 8.81. The molecule has 0 spiro atoms. The van der Waals surface area contributed by atoms with Crippen LogP contribution in [0.5, 0.6) is 0 Å². The van der Waals surface area contributed by atoms with E-state index >= 15 is 0 Å². The highest BCUT2D eigenvalue weighted by molar-refractivity contribution is 6.31. The van der Waals surface area contributed by atoms with Crippen LogP contribution in [-0.4, -0.2) is 66.5 Å². The number of benzene rings is 1. The summed E-state index contributed by atoms with van der Waals surface area (Å²) in [6.07, 6.45) is 15.5. The number of halogens is 2. The van der Waals surface area contributed by atoms with Crippen LogP contribution in [-0.2, 0) is 9.53 Å². The van der Waals surface area contributed by atoms with Crippen LogP contribution in [0.1, 0.15) is 56.9 Å². The maximum Gasteiger partial charge on any atom is 0.221 e. The van der Waals surface area contributed by atoms with Crippen molar-refractivity contribution in [3.63, 3.8) is 0 Å². The number of carbonyl (C=O) groups is 1. The highest BCUT2D eigenvalue weighted by Crippen LogP contribution is 2.43. The zero-order valence-electron chi connectivity index (χ0n) is 23.8. The molecule has 9 heteroatoms. The molecule has 4 aliphatic rings. The average Bonchev–Trinajstić information content (AvgIpc) is 2.96. The average molecular weight is 602 g/mol. The SMILES string of the molecule is CC(=O)Nc1cccc(C2C=CC(C3(CN[C@@H](O)NC4=CC(Cl)CC(Cl)=C4)CCN(C4CCOCC4)CC3)=CC2)c1. The summed E-state index contributed by atoms with van der Waals surface area (Å²) in [4.78, 5) is 14.2. The Morgan fingerprint density at radius 3 is 2.71 bits per heavy atom. The van der Waals surface area contributed by atoms with Gasteiger partial charge in [-0.15, -0.1) is 11.6 Å². The predicted octanol–water partition coefficient (Wildman–Crippen LogP) is 5.35. The first-order chi connectivity index (χ1) is 19.8. The van der Waals surface area contributed by atoms with Crippen molar-refractivity contribution in [2.24, 2.45) is 5.41 Å². The van der Waals surface area contributed by atoms with E-state index in [4.69, 9.17) is 27.9 Å². The number of allylic oxidation sites excluding steroid dienone is 6. The smallest absolute Gasteiger partial charge is 0.221 e. The van der Waals surface area contributed by atoms with Gasteiger partial charge in [-0.1, -0.05) is 42.0 Å². The summed E-state index contributed by atoms with van der Waals surface area (Å²) < 4.78 is 5.60. The molecule has 0 radical (unpaired) electrons. The summed E-state index contributed by atoms with van der Waals surface area (Å²) in [6.45, 7) is 5.93. The van der Waals surface area contributed by atoms with E-state index in [0.29, 0.717) is 24.0 Å². The molecule has 2 fully saturated rings. The quantitative estimate of drug-likeness (QED) is 0.226. The lowest BCUT2D eigenvalue weighted by atomic mass is 9.69. The summed E-state index contributed by atoms with van der Waals surface area (Å²) in [7, 11) is 0. The van der Waals surface area contributed by atoms with Gasteiger partial charge >= 0.3 is 0 Å². The van der Waals surface area contributed by atoms with E-state index < -0.39 is 6.35 Å². The number of amides is 1. The van der Waals surface area contributed by atoms with Crippen LogP contribution in [0.2, 0.25) is 0 Å². The van der Waals surface area contributed by atoms with Crippen LogP contribution in [0.4, 0.5) is 5.69 Å². The van der Waals surface area contributed by atoms with Gasteiger partial charge in [0.05, 0.1) is 5.38 Å². The molecule has 0 saturated carbocycles. The number of likely N-dealkylation sites (tertiary alicyclic amines) is 1. The standard InChI is InChI=1S/C32H42Cl2N4O3/c1-22(39)36-28-4-2-3-24(17-28)23-5-7-25(8-6-23)32(11-13-38(14-12-32)30-9-15-41-16-10-30)21-35-31(40)37-29-19-26(33)18-27(34)20-29/h2-5,7-8,17,19-20,23,26,30-31,35,37,40H,6,9-16,18,21H2,1H3,(H,36,39)/t23?,26?,31-/m1/s1. The molecule has 2 saturated heterocycles. The number of nitrogens with zero attached hydrogens (tertiary/aromatic N) is 1. The van der Waals surface area contributed by atoms with E-state index in [1.807, 2.05) is 24.3 Å². The molecule has 0 aromatic heterocycles. The molecular formula is C32H42Cl2N4O3. The summed E-state index contributed by atoms with van der Waals surface area (Å²) >= 11 is 12.5. The van der Waals surface area contributed by atoms with Gasteiger partial charge < -0.3 is 25.4 Å². The van der Waals surface area contributed by atoms with Crippen LogP contribution in [0.3, 0.4) is 0 Å². The Balaban J connectivity index is 1.27. The Bertz CT molecular complexity index is 1200. The van der Waals surface area contributed by atoms with Crippen molar-refractivity contribution in [2.45, 2.75) is 69.1 Å². The molecule has 7 nitrogen and oxygen atoms in total. The summed E-state index contributed by atoms with van der Waals surface area (Å²) in [6, 6.07) is 8.70. The zero-order valence-corrected chi connectivity index (χ0v) is 25.3. The van der Waals surface area contributed by atoms with Crippen molar-refractivity contribution < 1.29 is 14.6 Å². The minimum Gasteiger partial charge on any atom is -0.381 e. The van der Waals surface area contributed by atoms with Crippen LogP contribution >= 0.6 is 23.2 Å². The van der Waals surface area contributed by atoms with E-state index in [-0.39, 0.29) is 22.6 Å². The van der Waals surface area contributed by atoms with Crippen molar-refractivity contribution in [1.82, 2.24) is 15.5 Å². The molecule has 1 aromatic carbocycles. The molecule has 41 heavy (non-hydrogen) atoms. The fourth-order valence-corrected chi connectivity index (χ4v) is 7.22. The number of carbonyl (C=O) groups excluding carboxylic acids is 1. The van der Waals surface area contributed by atoms with Crippen molar-refractivity contribution >= 4 is 34.8 Å². The normalized spacial score (nSPS) is 26.0. The van der Waals surface area contributed by atoms with E-state index in [9.17, 15) is 9.90 Å². The first kappa shape index (κ1) is 30.3. The highest BCUT2D eigenvalue weighted by Gasteiger charge is 2.39. The molecule has 1 aromatic rings. The molecule has 1 amide bonds. The molecule has 3 atom stereocenters. The van der Waals surface area contributed by atoms with E-state index in [2.05, 4.69) is 51.2 Å². The first-order valence-corrected chi connectivity index (χ1v) is 15.6.